The Morgan fingerprint density at radius 3 is 2.72 bits per heavy atom. The maximum absolute atomic E-state index is 3.62. The van der Waals surface area contributed by atoms with Crippen molar-refractivity contribution in [3.8, 4) is 0 Å². The first-order chi connectivity index (χ1) is 8.72. The van der Waals surface area contributed by atoms with E-state index in [4.69, 9.17) is 0 Å². The van der Waals surface area contributed by atoms with Gasteiger partial charge in [-0.2, -0.15) is 0 Å². The summed E-state index contributed by atoms with van der Waals surface area (Å²) in [6.07, 6.45) is 6.58. The molecule has 0 amide bonds. The first-order valence-electron chi connectivity index (χ1n) is 7.55. The zero-order chi connectivity index (χ0) is 13.0. The summed E-state index contributed by atoms with van der Waals surface area (Å²) in [5.74, 6) is 0.853. The van der Waals surface area contributed by atoms with E-state index in [1.165, 1.54) is 37.8 Å². The van der Waals surface area contributed by atoms with E-state index in [0.29, 0.717) is 5.41 Å². The largest absolute Gasteiger partial charge is 0.384 e. The van der Waals surface area contributed by atoms with Crippen molar-refractivity contribution in [2.75, 3.05) is 11.9 Å². The highest BCUT2D eigenvalue weighted by Gasteiger charge is 2.37. The maximum Gasteiger partial charge on any atom is 0.0379 e. The van der Waals surface area contributed by atoms with Gasteiger partial charge in [0.05, 0.1) is 0 Å². The van der Waals surface area contributed by atoms with E-state index >= 15 is 0 Å². The van der Waals surface area contributed by atoms with E-state index in [-0.39, 0.29) is 0 Å². The fourth-order valence-electron chi connectivity index (χ4n) is 3.24. The Kier molecular flexibility index (Phi) is 4.31. The van der Waals surface area contributed by atoms with Gasteiger partial charge in [-0.1, -0.05) is 51.8 Å². The Morgan fingerprint density at radius 1 is 1.22 bits per heavy atom. The van der Waals surface area contributed by atoms with E-state index in [0.717, 1.165) is 12.5 Å². The minimum Gasteiger partial charge on any atom is -0.384 e. The molecule has 0 aliphatic carbocycles. The SMILES string of the molecule is CCCC1(CCC(C)CC)CNc2ccccc21. The third-order valence-electron chi connectivity index (χ3n) is 4.66. The second kappa shape index (κ2) is 5.77. The van der Waals surface area contributed by atoms with Gasteiger partial charge in [-0.05, 0) is 36.8 Å². The van der Waals surface area contributed by atoms with Gasteiger partial charge in [-0.25, -0.2) is 0 Å². The van der Waals surface area contributed by atoms with Gasteiger partial charge in [-0.3, -0.25) is 0 Å². The number of rotatable bonds is 6. The molecule has 0 fully saturated rings. The lowest BCUT2D eigenvalue weighted by Crippen LogP contribution is -2.29. The molecule has 0 aromatic heterocycles. The summed E-state index contributed by atoms with van der Waals surface area (Å²) in [6, 6.07) is 8.90. The zero-order valence-electron chi connectivity index (χ0n) is 12.1. The van der Waals surface area contributed by atoms with Crippen molar-refractivity contribution in [3.05, 3.63) is 29.8 Å². The van der Waals surface area contributed by atoms with Crippen LogP contribution in [0.4, 0.5) is 5.69 Å². The standard InChI is InChI=1S/C17H27N/c1-4-11-17(12-10-14(3)5-2)13-18-16-9-7-6-8-15(16)17/h6-9,14,18H,4-5,10-13H2,1-3H3. The molecule has 2 rings (SSSR count). The van der Waals surface area contributed by atoms with Gasteiger partial charge in [-0.15, -0.1) is 0 Å². The van der Waals surface area contributed by atoms with Crippen LogP contribution >= 0.6 is 0 Å². The molecule has 1 heterocycles. The van der Waals surface area contributed by atoms with Gasteiger partial charge in [0, 0.05) is 17.6 Å². The van der Waals surface area contributed by atoms with E-state index in [1.54, 1.807) is 5.56 Å². The summed E-state index contributed by atoms with van der Waals surface area (Å²) >= 11 is 0. The summed E-state index contributed by atoms with van der Waals surface area (Å²) < 4.78 is 0. The van der Waals surface area contributed by atoms with Crippen LogP contribution in [0.15, 0.2) is 24.3 Å². The number of fused-ring (bicyclic) bond motifs is 1. The van der Waals surface area contributed by atoms with Crippen molar-refractivity contribution in [1.82, 2.24) is 0 Å². The van der Waals surface area contributed by atoms with Gasteiger partial charge in [0.25, 0.3) is 0 Å². The lowest BCUT2D eigenvalue weighted by molar-refractivity contribution is 0.345. The topological polar surface area (TPSA) is 12.0 Å². The van der Waals surface area contributed by atoms with Crippen LogP contribution in [-0.4, -0.2) is 6.54 Å². The molecule has 1 N–H and O–H groups in total. The van der Waals surface area contributed by atoms with Crippen molar-refractivity contribution >= 4 is 5.69 Å². The predicted molar refractivity (Wildman–Crippen MR) is 80.2 cm³/mol. The van der Waals surface area contributed by atoms with Crippen LogP contribution in [-0.2, 0) is 5.41 Å². The lowest BCUT2D eigenvalue weighted by atomic mass is 9.73. The maximum atomic E-state index is 3.62. The molecule has 2 atom stereocenters. The second-order valence-electron chi connectivity index (χ2n) is 5.98. The van der Waals surface area contributed by atoms with Crippen LogP contribution in [0.5, 0.6) is 0 Å². The predicted octanol–water partition coefficient (Wildman–Crippen LogP) is 4.98. The quantitative estimate of drug-likeness (QED) is 0.745. The number of hydrogen-bond acceptors (Lipinski definition) is 1. The summed E-state index contributed by atoms with van der Waals surface area (Å²) in [7, 11) is 0. The van der Waals surface area contributed by atoms with Crippen LogP contribution in [0.25, 0.3) is 0 Å². The molecule has 1 heteroatoms. The smallest absolute Gasteiger partial charge is 0.0379 e. The van der Waals surface area contributed by atoms with Gasteiger partial charge in [0.15, 0.2) is 0 Å². The fraction of sp³-hybridized carbons (Fsp3) is 0.647. The highest BCUT2D eigenvalue weighted by Crippen LogP contribution is 2.43. The molecule has 1 aromatic carbocycles. The first kappa shape index (κ1) is 13.5. The normalized spacial score (nSPS) is 23.5. The molecule has 0 bridgehead atoms. The molecule has 1 nitrogen and oxygen atoms in total. The summed E-state index contributed by atoms with van der Waals surface area (Å²) in [5.41, 5.74) is 3.33. The van der Waals surface area contributed by atoms with Crippen LogP contribution in [0.1, 0.15) is 58.4 Å². The molecule has 2 unspecified atom stereocenters. The third-order valence-corrected chi connectivity index (χ3v) is 4.66. The number of hydrogen-bond donors (Lipinski definition) is 1. The molecule has 1 aliphatic heterocycles. The fourth-order valence-corrected chi connectivity index (χ4v) is 3.24. The van der Waals surface area contributed by atoms with Crippen molar-refractivity contribution in [1.29, 1.82) is 0 Å². The molecular weight excluding hydrogens is 218 g/mol. The average molecular weight is 245 g/mol. The van der Waals surface area contributed by atoms with E-state index in [9.17, 15) is 0 Å². The minimum absolute atomic E-state index is 0.398. The number of nitrogens with one attached hydrogen (secondary N) is 1. The highest BCUT2D eigenvalue weighted by atomic mass is 14.9. The minimum atomic E-state index is 0.398. The molecular formula is C17H27N. The summed E-state index contributed by atoms with van der Waals surface area (Å²) in [5, 5.41) is 3.62. The average Bonchev–Trinajstić information content (AvgIpc) is 2.76. The third kappa shape index (κ3) is 2.55. The van der Waals surface area contributed by atoms with E-state index < -0.39 is 0 Å². The van der Waals surface area contributed by atoms with Crippen LogP contribution in [0.3, 0.4) is 0 Å². The van der Waals surface area contributed by atoms with Gasteiger partial charge in [0.2, 0.25) is 0 Å². The molecule has 0 radical (unpaired) electrons. The van der Waals surface area contributed by atoms with Crippen molar-refractivity contribution in [2.24, 2.45) is 5.92 Å². The molecule has 0 spiro atoms. The van der Waals surface area contributed by atoms with Crippen LogP contribution in [0.2, 0.25) is 0 Å². The number of benzene rings is 1. The van der Waals surface area contributed by atoms with Gasteiger partial charge < -0.3 is 5.32 Å². The Morgan fingerprint density at radius 2 is 2.00 bits per heavy atom. The Bertz CT molecular complexity index is 381. The summed E-state index contributed by atoms with van der Waals surface area (Å²) in [4.78, 5) is 0. The number of para-hydroxylation sites is 1. The monoisotopic (exact) mass is 245 g/mol. The molecule has 18 heavy (non-hydrogen) atoms. The molecule has 1 aromatic rings. The molecule has 0 saturated carbocycles. The van der Waals surface area contributed by atoms with Gasteiger partial charge in [0.1, 0.15) is 0 Å². The van der Waals surface area contributed by atoms with Gasteiger partial charge >= 0.3 is 0 Å². The molecule has 1 aliphatic rings. The summed E-state index contributed by atoms with van der Waals surface area (Å²) in [6.45, 7) is 8.13. The molecule has 100 valence electrons. The zero-order valence-corrected chi connectivity index (χ0v) is 12.1. The van der Waals surface area contributed by atoms with E-state index in [2.05, 4.69) is 50.4 Å². The Labute approximate surface area is 112 Å². The van der Waals surface area contributed by atoms with Crippen LogP contribution < -0.4 is 5.32 Å². The Balaban J connectivity index is 2.18. The second-order valence-corrected chi connectivity index (χ2v) is 5.98. The number of anilines is 1. The Hall–Kier alpha value is -0.980. The van der Waals surface area contributed by atoms with Crippen LogP contribution in [0, 0.1) is 5.92 Å². The molecule has 0 saturated heterocycles. The lowest BCUT2D eigenvalue weighted by Gasteiger charge is -2.30. The first-order valence-corrected chi connectivity index (χ1v) is 7.55. The van der Waals surface area contributed by atoms with E-state index in [1.807, 2.05) is 0 Å². The highest BCUT2D eigenvalue weighted by molar-refractivity contribution is 5.60. The van der Waals surface area contributed by atoms with Crippen molar-refractivity contribution in [2.45, 2.75) is 58.3 Å². The van der Waals surface area contributed by atoms with Crippen molar-refractivity contribution < 1.29 is 0 Å². The van der Waals surface area contributed by atoms with Crippen molar-refractivity contribution in [3.63, 3.8) is 0 Å².